The number of hydrogen-bond acceptors (Lipinski definition) is 5. The highest BCUT2D eigenvalue weighted by molar-refractivity contribution is 8.00. The molecule has 0 saturated carbocycles. The first-order valence-electron chi connectivity index (χ1n) is 19.2. The second-order valence-corrected chi connectivity index (χ2v) is 16.4. The Kier molecular flexibility index (Phi) is 7.51. The van der Waals surface area contributed by atoms with Gasteiger partial charge in [-0.3, -0.25) is 4.98 Å². The summed E-state index contributed by atoms with van der Waals surface area (Å²) in [6.07, 6.45) is 36.0. The average molecular weight is 715 g/mol. The van der Waals surface area contributed by atoms with Gasteiger partial charge in [0, 0.05) is 46.2 Å². The number of rotatable bonds is 4. The fourth-order valence-corrected chi connectivity index (χ4v) is 11.2. The van der Waals surface area contributed by atoms with Crippen molar-refractivity contribution in [3.63, 3.8) is 0 Å². The Morgan fingerprint density at radius 1 is 0.685 bits per heavy atom. The van der Waals surface area contributed by atoms with Crippen LogP contribution in [0, 0.1) is 5.92 Å². The van der Waals surface area contributed by atoms with Gasteiger partial charge < -0.3 is 0 Å². The van der Waals surface area contributed by atoms with Crippen LogP contribution in [0.4, 0.5) is 0 Å². The van der Waals surface area contributed by atoms with Crippen LogP contribution < -0.4 is 0 Å². The van der Waals surface area contributed by atoms with Gasteiger partial charge >= 0.3 is 0 Å². The van der Waals surface area contributed by atoms with Crippen molar-refractivity contribution in [3.05, 3.63) is 215 Å². The zero-order chi connectivity index (χ0) is 35.6. The molecule has 5 unspecified atom stereocenters. The normalized spacial score (nSPS) is 24.9. The number of pyridine rings is 1. The van der Waals surface area contributed by atoms with Crippen LogP contribution in [-0.2, 0) is 5.41 Å². The topological polar surface area (TPSA) is 51.6 Å². The minimum atomic E-state index is -0.335. The number of hydrogen-bond donors (Lipinski definition) is 0. The summed E-state index contributed by atoms with van der Waals surface area (Å²) in [6.45, 7) is 0. The van der Waals surface area contributed by atoms with E-state index in [9.17, 15) is 0 Å². The molecule has 1 aliphatic heterocycles. The molecule has 3 heterocycles. The predicted molar refractivity (Wildman–Crippen MR) is 218 cm³/mol. The first kappa shape index (κ1) is 31.8. The van der Waals surface area contributed by atoms with Gasteiger partial charge in [-0.2, -0.15) is 0 Å². The van der Waals surface area contributed by atoms with Gasteiger partial charge in [-0.05, 0) is 87.0 Å². The third kappa shape index (κ3) is 4.91. The number of aromatic nitrogens is 4. The van der Waals surface area contributed by atoms with Crippen LogP contribution >= 0.6 is 11.8 Å². The highest BCUT2D eigenvalue weighted by Gasteiger charge is 2.55. The Bertz CT molecular complexity index is 2520. The molecule has 54 heavy (non-hydrogen) atoms. The molecule has 5 heteroatoms. The monoisotopic (exact) mass is 714 g/mol. The summed E-state index contributed by atoms with van der Waals surface area (Å²) >= 11 is 2.02. The molecule has 2 aromatic heterocycles. The average Bonchev–Trinajstić information content (AvgIpc) is 3.54. The number of nitrogens with zero attached hydrogens (tertiary/aromatic N) is 4. The minimum absolute atomic E-state index is 0.130. The van der Waals surface area contributed by atoms with Crippen molar-refractivity contribution in [2.75, 3.05) is 0 Å². The van der Waals surface area contributed by atoms with Crippen LogP contribution in [0.2, 0.25) is 0 Å². The third-order valence-corrected chi connectivity index (χ3v) is 13.7. The van der Waals surface area contributed by atoms with Crippen LogP contribution in [0.15, 0.2) is 174 Å². The largest absolute Gasteiger partial charge is 0.264 e. The van der Waals surface area contributed by atoms with Crippen molar-refractivity contribution < 1.29 is 0 Å². The second-order valence-electron chi connectivity index (χ2n) is 15.2. The standard InChI is InChI=1S/C49H38N4S/c1-2-9-33(10-3-1)47-51-30-52-48(53-47)34-19-17-31(18-20-34)35-21-23-45-43(27-35)49(41-15-6-4-12-38(41)39-13-5-7-16-42(39)49)44-28-36(22-24-46(44)54-45)37-14-8-11-32-25-26-50-29-40(32)37/h1-9,11-13,15-19,21-30,33-34,37,43,45H,10,14,20H2. The van der Waals surface area contributed by atoms with E-state index < -0.39 is 0 Å². The maximum atomic E-state index is 4.95. The number of thioether (sulfide) groups is 1. The lowest BCUT2D eigenvalue weighted by Crippen LogP contribution is -2.44. The van der Waals surface area contributed by atoms with Crippen LogP contribution in [0.5, 0.6) is 0 Å². The van der Waals surface area contributed by atoms with Crippen molar-refractivity contribution in [2.24, 2.45) is 5.92 Å². The summed E-state index contributed by atoms with van der Waals surface area (Å²) in [7, 11) is 0. The Morgan fingerprint density at radius 3 is 2.26 bits per heavy atom. The van der Waals surface area contributed by atoms with Crippen molar-refractivity contribution in [3.8, 4) is 11.1 Å². The fourth-order valence-electron chi connectivity index (χ4n) is 9.87. The second kappa shape index (κ2) is 12.7. The first-order valence-corrected chi connectivity index (χ1v) is 20.1. The van der Waals surface area contributed by atoms with Crippen molar-refractivity contribution >= 4 is 17.8 Å². The number of allylic oxidation sites excluding steroid dienone is 12. The highest BCUT2D eigenvalue weighted by atomic mass is 32.2. The third-order valence-electron chi connectivity index (χ3n) is 12.4. The Balaban J connectivity index is 1.01. The quantitative estimate of drug-likeness (QED) is 0.185. The molecule has 5 aliphatic carbocycles. The van der Waals surface area contributed by atoms with Gasteiger partial charge in [-0.1, -0.05) is 134 Å². The Labute approximate surface area is 320 Å². The van der Waals surface area contributed by atoms with Gasteiger partial charge in [0.1, 0.15) is 18.0 Å². The predicted octanol–water partition coefficient (Wildman–Crippen LogP) is 11.0. The smallest absolute Gasteiger partial charge is 0.139 e. The van der Waals surface area contributed by atoms with Crippen LogP contribution in [0.25, 0.3) is 17.2 Å². The molecule has 5 atom stereocenters. The van der Waals surface area contributed by atoms with Crippen molar-refractivity contribution in [1.29, 1.82) is 0 Å². The first-order chi connectivity index (χ1) is 26.8. The van der Waals surface area contributed by atoms with E-state index in [-0.39, 0.29) is 29.1 Å². The molecule has 0 fully saturated rings. The van der Waals surface area contributed by atoms with Gasteiger partial charge in [0.15, 0.2) is 0 Å². The zero-order valence-corrected chi connectivity index (χ0v) is 30.6. The molecule has 5 aromatic rings. The van der Waals surface area contributed by atoms with Crippen LogP contribution in [0.3, 0.4) is 0 Å². The van der Waals surface area contributed by atoms with Crippen molar-refractivity contribution in [1.82, 2.24) is 19.9 Å². The summed E-state index contributed by atoms with van der Waals surface area (Å²) in [5.41, 5.74) is 13.1. The van der Waals surface area contributed by atoms with E-state index >= 15 is 0 Å². The Hall–Kier alpha value is -5.65. The molecular formula is C49H38N4S. The molecule has 0 bridgehead atoms. The van der Waals surface area contributed by atoms with E-state index in [0.29, 0.717) is 5.25 Å². The van der Waals surface area contributed by atoms with Gasteiger partial charge in [-0.25, -0.2) is 15.0 Å². The van der Waals surface area contributed by atoms with E-state index in [1.54, 1.807) is 6.33 Å². The molecule has 0 amide bonds. The lowest BCUT2D eigenvalue weighted by atomic mass is 9.60. The van der Waals surface area contributed by atoms with Gasteiger partial charge in [0.25, 0.3) is 0 Å². The molecule has 1 spiro atoms. The molecular weight excluding hydrogens is 677 g/mol. The summed E-state index contributed by atoms with van der Waals surface area (Å²) in [5.74, 6) is 2.53. The molecule has 0 saturated heterocycles. The molecule has 0 N–H and O–H groups in total. The maximum Gasteiger partial charge on any atom is 0.139 e. The van der Waals surface area contributed by atoms with Gasteiger partial charge in [-0.15, -0.1) is 11.8 Å². The lowest BCUT2D eigenvalue weighted by Gasteiger charge is -2.48. The van der Waals surface area contributed by atoms with E-state index in [1.807, 2.05) is 18.0 Å². The van der Waals surface area contributed by atoms with E-state index in [0.717, 1.165) is 30.9 Å². The van der Waals surface area contributed by atoms with E-state index in [2.05, 4.69) is 167 Å². The summed E-state index contributed by atoms with van der Waals surface area (Å²) in [5, 5.41) is 0.294. The fraction of sp³-hybridized carbons (Fsp3) is 0.184. The molecule has 11 rings (SSSR count). The summed E-state index contributed by atoms with van der Waals surface area (Å²) in [6, 6.07) is 27.9. The zero-order valence-electron chi connectivity index (χ0n) is 29.8. The van der Waals surface area contributed by atoms with Crippen LogP contribution in [-0.4, -0.2) is 25.2 Å². The van der Waals surface area contributed by atoms with Crippen molar-refractivity contribution in [2.45, 2.75) is 52.6 Å². The lowest BCUT2D eigenvalue weighted by molar-refractivity contribution is 0.447. The molecule has 0 radical (unpaired) electrons. The SMILES string of the molecule is C1=CCC(c2ncnc(C3C=CC(C4=CC5C(C=C4)Sc4ccc(C6CC=Cc7ccncc76)cc4C54c5ccccc5-c5ccccc54)=CC3)n2)C=C1. The molecule has 6 aliphatic rings. The van der Waals surface area contributed by atoms with Gasteiger partial charge in [0.2, 0.25) is 0 Å². The highest BCUT2D eigenvalue weighted by Crippen LogP contribution is 2.64. The minimum Gasteiger partial charge on any atom is -0.264 e. The van der Waals surface area contributed by atoms with Gasteiger partial charge in [0.05, 0.1) is 5.41 Å². The maximum absolute atomic E-state index is 4.95. The van der Waals surface area contributed by atoms with Crippen LogP contribution in [0.1, 0.15) is 82.0 Å². The van der Waals surface area contributed by atoms with E-state index in [1.165, 1.54) is 60.5 Å². The number of fused-ring (bicyclic) bond motifs is 10. The van der Waals surface area contributed by atoms with E-state index in [4.69, 9.17) is 4.98 Å². The summed E-state index contributed by atoms with van der Waals surface area (Å²) < 4.78 is 0. The summed E-state index contributed by atoms with van der Waals surface area (Å²) in [4.78, 5) is 20.1. The number of benzene rings is 3. The molecule has 4 nitrogen and oxygen atoms in total. The molecule has 260 valence electrons. The molecule has 3 aromatic carbocycles. The Morgan fingerprint density at radius 2 is 1.48 bits per heavy atom.